The number of sulfonamides is 1. The Morgan fingerprint density at radius 3 is 2.28 bits per heavy atom. The Balaban J connectivity index is 2.09. The number of amides is 1. The van der Waals surface area contributed by atoms with E-state index in [0.29, 0.717) is 10.6 Å². The predicted molar refractivity (Wildman–Crippen MR) is 116 cm³/mol. The Hall–Kier alpha value is -2.86. The number of hydrogen-bond donors (Lipinski definition) is 3. The van der Waals surface area contributed by atoms with Crippen LogP contribution in [-0.2, 0) is 10.0 Å². The summed E-state index contributed by atoms with van der Waals surface area (Å²) in [5.74, 6) is -0.996. The zero-order chi connectivity index (χ0) is 24.0. The van der Waals surface area contributed by atoms with Crippen LogP contribution >= 0.6 is 11.6 Å². The van der Waals surface area contributed by atoms with Crippen LogP contribution < -0.4 is 16.0 Å². The first-order valence-corrected chi connectivity index (χ1v) is 11.0. The lowest BCUT2D eigenvalue weighted by Crippen LogP contribution is -2.44. The number of benzene rings is 1. The molecule has 0 aliphatic carbocycles. The quantitative estimate of drug-likeness (QED) is 0.404. The van der Waals surface area contributed by atoms with E-state index in [0.717, 1.165) is 0 Å². The maximum atomic E-state index is 12.8. The van der Waals surface area contributed by atoms with Gasteiger partial charge >= 0.3 is 15.5 Å². The van der Waals surface area contributed by atoms with E-state index >= 15 is 0 Å². The second-order valence-electron chi connectivity index (χ2n) is 7.43. The smallest absolute Gasteiger partial charge is 0.355 e. The molecule has 1 aromatic heterocycles. The minimum Gasteiger partial charge on any atom is -0.355 e. The zero-order valence-corrected chi connectivity index (χ0v) is 18.6. The van der Waals surface area contributed by atoms with E-state index in [1.165, 1.54) is 24.5 Å². The molecule has 0 spiro atoms. The van der Waals surface area contributed by atoms with Crippen molar-refractivity contribution < 1.29 is 26.4 Å². The highest BCUT2D eigenvalue weighted by Gasteiger charge is 2.46. The number of carbonyl (C=O) groups excluding carboxylic acids is 1. The van der Waals surface area contributed by atoms with Crippen LogP contribution in [-0.4, -0.2) is 43.9 Å². The van der Waals surface area contributed by atoms with Crippen LogP contribution in [0, 0.1) is 5.41 Å². The first-order chi connectivity index (χ1) is 14.8. The van der Waals surface area contributed by atoms with Gasteiger partial charge in [-0.3, -0.25) is 9.78 Å². The number of nitrogens with one attached hydrogen (secondary N) is 3. The highest BCUT2D eigenvalue weighted by molar-refractivity contribution is 7.91. The van der Waals surface area contributed by atoms with Gasteiger partial charge in [-0.25, -0.2) is 0 Å². The highest BCUT2D eigenvalue weighted by Crippen LogP contribution is 2.25. The molecule has 0 aliphatic heterocycles. The molecule has 32 heavy (non-hydrogen) atoms. The Kier molecular flexibility index (Phi) is 8.07. The van der Waals surface area contributed by atoms with E-state index in [4.69, 9.17) is 11.6 Å². The molecular weight excluding hydrogens is 471 g/mol. The van der Waals surface area contributed by atoms with Crippen molar-refractivity contribution in [2.45, 2.75) is 19.4 Å². The van der Waals surface area contributed by atoms with Gasteiger partial charge in [-0.05, 0) is 41.8 Å². The summed E-state index contributed by atoms with van der Waals surface area (Å²) in [5.41, 5.74) is -5.64. The highest BCUT2D eigenvalue weighted by atomic mass is 35.5. The number of aromatic nitrogens is 1. The minimum absolute atomic E-state index is 0.0205. The van der Waals surface area contributed by atoms with Crippen LogP contribution in [0.4, 0.5) is 18.9 Å². The van der Waals surface area contributed by atoms with Crippen LogP contribution in [0.15, 0.2) is 53.2 Å². The fourth-order valence-corrected chi connectivity index (χ4v) is 2.83. The molecule has 0 aliphatic rings. The summed E-state index contributed by atoms with van der Waals surface area (Å²) in [6.45, 7) is 3.56. The maximum Gasteiger partial charge on any atom is 0.518 e. The maximum absolute atomic E-state index is 12.8. The van der Waals surface area contributed by atoms with Gasteiger partial charge in [-0.1, -0.05) is 25.4 Å². The van der Waals surface area contributed by atoms with Crippen LogP contribution in [0.25, 0.3) is 0 Å². The van der Waals surface area contributed by atoms with Crippen molar-refractivity contribution in [1.82, 2.24) is 15.6 Å². The van der Waals surface area contributed by atoms with Gasteiger partial charge in [0, 0.05) is 29.9 Å². The Morgan fingerprint density at radius 1 is 1.09 bits per heavy atom. The monoisotopic (exact) mass is 491 g/mol. The molecule has 13 heteroatoms. The summed E-state index contributed by atoms with van der Waals surface area (Å²) in [7, 11) is -5.79. The van der Waals surface area contributed by atoms with E-state index in [2.05, 4.69) is 25.3 Å². The van der Waals surface area contributed by atoms with Crippen molar-refractivity contribution in [3.8, 4) is 0 Å². The van der Waals surface area contributed by atoms with Gasteiger partial charge in [0.25, 0.3) is 5.91 Å². The molecule has 2 aromatic rings. The zero-order valence-electron chi connectivity index (χ0n) is 17.1. The van der Waals surface area contributed by atoms with Crippen molar-refractivity contribution in [3.63, 3.8) is 0 Å². The summed E-state index contributed by atoms with van der Waals surface area (Å²) in [4.78, 5) is 16.1. The van der Waals surface area contributed by atoms with E-state index in [-0.39, 0.29) is 24.7 Å². The summed E-state index contributed by atoms with van der Waals surface area (Å²) >= 11 is 5.79. The third-order valence-electron chi connectivity index (χ3n) is 4.00. The van der Waals surface area contributed by atoms with Gasteiger partial charge in [0.15, 0.2) is 0 Å². The first-order valence-electron chi connectivity index (χ1n) is 9.15. The second-order valence-corrected chi connectivity index (χ2v) is 9.47. The summed E-state index contributed by atoms with van der Waals surface area (Å²) in [5, 5.41) is 8.24. The molecule has 2 rings (SSSR count). The molecule has 174 valence electrons. The molecule has 0 fully saturated rings. The van der Waals surface area contributed by atoms with Crippen molar-refractivity contribution in [1.29, 1.82) is 0 Å². The molecule has 0 atom stereocenters. The van der Waals surface area contributed by atoms with Gasteiger partial charge < -0.3 is 16.0 Å². The molecule has 1 aromatic carbocycles. The third-order valence-corrected chi connectivity index (χ3v) is 5.26. The number of halogens is 4. The number of carbonyl (C=O) groups is 1. The molecule has 8 nitrogen and oxygen atoms in total. The van der Waals surface area contributed by atoms with Crippen LogP contribution in [0.3, 0.4) is 0 Å². The largest absolute Gasteiger partial charge is 0.518 e. The minimum atomic E-state index is -5.79. The van der Waals surface area contributed by atoms with Gasteiger partial charge in [0.2, 0.25) is 5.96 Å². The number of alkyl halides is 3. The molecule has 1 amide bonds. The fourth-order valence-electron chi connectivity index (χ4n) is 2.25. The normalized spacial score (nSPS) is 12.9. The predicted octanol–water partition coefficient (Wildman–Crippen LogP) is 3.40. The first kappa shape index (κ1) is 25.4. The third kappa shape index (κ3) is 7.68. The van der Waals surface area contributed by atoms with Crippen LogP contribution in [0.1, 0.15) is 24.2 Å². The van der Waals surface area contributed by atoms with Crippen molar-refractivity contribution >= 4 is 39.2 Å². The number of hydrogen-bond acceptors (Lipinski definition) is 4. The molecular formula is C19H21ClF3N5O3S. The van der Waals surface area contributed by atoms with Gasteiger partial charge in [0.05, 0.1) is 11.9 Å². The molecule has 0 unspecified atom stereocenters. The van der Waals surface area contributed by atoms with Crippen LogP contribution in [0.5, 0.6) is 0 Å². The SMILES string of the molecule is CC(C)(CNC(=O)c1ccc(Cl)cc1)CNC(=NS(=O)(=O)C(F)(F)F)Nc1cccnc1. The van der Waals surface area contributed by atoms with Gasteiger partial charge in [-0.2, -0.15) is 21.6 Å². The van der Waals surface area contributed by atoms with Crippen molar-refractivity contribution in [2.24, 2.45) is 9.81 Å². The molecule has 0 saturated carbocycles. The molecule has 0 bridgehead atoms. The lowest BCUT2D eigenvalue weighted by atomic mass is 9.93. The standard InChI is InChI=1S/C19H21ClF3N5O3S/c1-18(2,11-25-16(29)13-5-7-14(20)8-6-13)12-26-17(27-15-4-3-9-24-10-15)28-32(30,31)19(21,22)23/h3-10H,11-12H2,1-2H3,(H,25,29)(H2,26,27,28). The van der Waals surface area contributed by atoms with Gasteiger partial charge in [-0.15, -0.1) is 4.40 Å². The number of anilines is 1. The lowest BCUT2D eigenvalue weighted by Gasteiger charge is -2.26. The van der Waals surface area contributed by atoms with Crippen LogP contribution in [0.2, 0.25) is 5.02 Å². The topological polar surface area (TPSA) is 113 Å². The summed E-state index contributed by atoms with van der Waals surface area (Å²) in [6.07, 6.45) is 2.73. The average molecular weight is 492 g/mol. The van der Waals surface area contributed by atoms with E-state index in [1.54, 1.807) is 38.1 Å². The van der Waals surface area contributed by atoms with Crippen molar-refractivity contribution in [2.75, 3.05) is 18.4 Å². The molecule has 0 radical (unpaired) electrons. The number of rotatable bonds is 7. The van der Waals surface area contributed by atoms with Crippen molar-refractivity contribution in [3.05, 3.63) is 59.4 Å². The Morgan fingerprint density at radius 2 is 1.72 bits per heavy atom. The fraction of sp³-hybridized carbons (Fsp3) is 0.316. The average Bonchev–Trinajstić information content (AvgIpc) is 2.71. The number of pyridine rings is 1. The number of guanidine groups is 1. The molecule has 3 N–H and O–H groups in total. The van der Waals surface area contributed by atoms with E-state index < -0.39 is 26.9 Å². The Labute approximate surface area is 188 Å². The van der Waals surface area contributed by atoms with Gasteiger partial charge in [0.1, 0.15) is 0 Å². The molecule has 1 heterocycles. The molecule has 0 saturated heterocycles. The van der Waals surface area contributed by atoms with E-state index in [9.17, 15) is 26.4 Å². The number of nitrogens with zero attached hydrogens (tertiary/aromatic N) is 2. The second kappa shape index (κ2) is 10.2. The lowest BCUT2D eigenvalue weighted by molar-refractivity contribution is -0.0435. The summed E-state index contributed by atoms with van der Waals surface area (Å²) in [6, 6.07) is 9.21. The summed E-state index contributed by atoms with van der Waals surface area (Å²) < 4.78 is 64.2. The Bertz CT molecular complexity index is 1060. The van der Waals surface area contributed by atoms with E-state index in [1.807, 2.05) is 0 Å².